The molecule has 0 aliphatic carbocycles. The van der Waals surface area contributed by atoms with Crippen molar-refractivity contribution in [3.05, 3.63) is 65.7 Å². The van der Waals surface area contributed by atoms with Crippen molar-refractivity contribution in [1.82, 2.24) is 4.98 Å². The molecule has 0 saturated heterocycles. The summed E-state index contributed by atoms with van der Waals surface area (Å²) >= 11 is 0. The molecule has 0 saturated carbocycles. The fourth-order valence-electron chi connectivity index (χ4n) is 3.65. The van der Waals surface area contributed by atoms with Crippen molar-refractivity contribution in [2.75, 3.05) is 6.61 Å². The van der Waals surface area contributed by atoms with E-state index in [1.165, 1.54) is 12.3 Å². The molecule has 2 atom stereocenters. The molecule has 3 rings (SSSR count). The fourth-order valence-corrected chi connectivity index (χ4v) is 5.40. The predicted molar refractivity (Wildman–Crippen MR) is 104 cm³/mol. The summed E-state index contributed by atoms with van der Waals surface area (Å²) in [7, 11) is -3.92. The highest BCUT2D eigenvalue weighted by atomic mass is 32.2. The van der Waals surface area contributed by atoms with Crippen LogP contribution in [0.2, 0.25) is 0 Å². The van der Waals surface area contributed by atoms with Gasteiger partial charge in [-0.1, -0.05) is 24.3 Å². The number of aromatic nitrogens is 1. The van der Waals surface area contributed by atoms with Crippen LogP contribution >= 0.6 is 0 Å². The Hall–Kier alpha value is -2.32. The average molecular weight is 406 g/mol. The first-order valence-electron chi connectivity index (χ1n) is 9.01. The van der Waals surface area contributed by atoms with Crippen molar-refractivity contribution < 1.29 is 22.7 Å². The third kappa shape index (κ3) is 4.23. The highest BCUT2D eigenvalue weighted by Crippen LogP contribution is 2.41. The summed E-state index contributed by atoms with van der Waals surface area (Å²) in [6.45, 7) is 3.20. The second-order valence-corrected chi connectivity index (χ2v) is 8.99. The second kappa shape index (κ2) is 7.97. The SMILES string of the molecule is CC1(C)OC(C[C@@H](CCO)c2ccccc2F)=NS(=O)(=O)C1c1cccnc1. The van der Waals surface area contributed by atoms with Gasteiger partial charge in [0.05, 0.1) is 0 Å². The highest BCUT2D eigenvalue weighted by molar-refractivity contribution is 7.90. The monoisotopic (exact) mass is 406 g/mol. The highest BCUT2D eigenvalue weighted by Gasteiger charge is 2.47. The number of rotatable bonds is 6. The van der Waals surface area contributed by atoms with Crippen LogP contribution in [-0.2, 0) is 14.8 Å². The lowest BCUT2D eigenvalue weighted by Gasteiger charge is -2.37. The zero-order valence-corrected chi connectivity index (χ0v) is 16.6. The van der Waals surface area contributed by atoms with Gasteiger partial charge in [0.15, 0.2) is 0 Å². The first-order chi connectivity index (χ1) is 13.2. The van der Waals surface area contributed by atoms with Crippen LogP contribution in [0.3, 0.4) is 0 Å². The lowest BCUT2D eigenvalue weighted by molar-refractivity contribution is 0.0796. The third-order valence-electron chi connectivity index (χ3n) is 4.77. The van der Waals surface area contributed by atoms with E-state index in [0.717, 1.165) is 0 Å². The Morgan fingerprint density at radius 1 is 1.25 bits per heavy atom. The number of nitrogens with zero attached hydrogens (tertiary/aromatic N) is 2. The van der Waals surface area contributed by atoms with Gasteiger partial charge in [-0.3, -0.25) is 4.98 Å². The van der Waals surface area contributed by atoms with Crippen LogP contribution in [0.1, 0.15) is 49.0 Å². The first kappa shape index (κ1) is 20.4. The third-order valence-corrected chi connectivity index (χ3v) is 6.66. The van der Waals surface area contributed by atoms with Gasteiger partial charge in [0.25, 0.3) is 10.0 Å². The lowest BCUT2D eigenvalue weighted by atomic mass is 9.92. The van der Waals surface area contributed by atoms with Crippen molar-refractivity contribution in [3.63, 3.8) is 0 Å². The van der Waals surface area contributed by atoms with Crippen LogP contribution in [0.15, 0.2) is 53.2 Å². The summed E-state index contributed by atoms with van der Waals surface area (Å²) in [4.78, 5) is 3.99. The Labute approximate surface area is 164 Å². The molecule has 1 aromatic heterocycles. The number of halogens is 1. The molecule has 0 radical (unpaired) electrons. The lowest BCUT2D eigenvalue weighted by Crippen LogP contribution is -2.43. The van der Waals surface area contributed by atoms with Crippen LogP contribution in [0.4, 0.5) is 4.39 Å². The molecular weight excluding hydrogens is 383 g/mol. The smallest absolute Gasteiger partial charge is 0.267 e. The van der Waals surface area contributed by atoms with Crippen molar-refractivity contribution in [2.24, 2.45) is 4.40 Å². The van der Waals surface area contributed by atoms with Gasteiger partial charge in [-0.25, -0.2) is 12.8 Å². The van der Waals surface area contributed by atoms with E-state index in [1.54, 1.807) is 50.4 Å². The minimum atomic E-state index is -3.92. The quantitative estimate of drug-likeness (QED) is 0.795. The van der Waals surface area contributed by atoms with Crippen LogP contribution < -0.4 is 0 Å². The van der Waals surface area contributed by atoms with E-state index in [9.17, 15) is 17.9 Å². The van der Waals surface area contributed by atoms with Gasteiger partial charge in [-0.15, -0.1) is 4.40 Å². The summed E-state index contributed by atoms with van der Waals surface area (Å²) in [6.07, 6.45) is 3.39. The molecule has 6 nitrogen and oxygen atoms in total. The van der Waals surface area contributed by atoms with Gasteiger partial charge in [0, 0.05) is 25.4 Å². The van der Waals surface area contributed by atoms with E-state index in [1.807, 2.05) is 0 Å². The van der Waals surface area contributed by atoms with Gasteiger partial charge in [0.2, 0.25) is 5.90 Å². The van der Waals surface area contributed by atoms with Gasteiger partial charge in [-0.05, 0) is 49.4 Å². The van der Waals surface area contributed by atoms with Crippen molar-refractivity contribution >= 4 is 15.9 Å². The molecule has 2 aromatic rings. The summed E-state index contributed by atoms with van der Waals surface area (Å²) < 4.78 is 49.9. The minimum Gasteiger partial charge on any atom is -0.472 e. The predicted octanol–water partition coefficient (Wildman–Crippen LogP) is 3.36. The fraction of sp³-hybridized carbons (Fsp3) is 0.400. The van der Waals surface area contributed by atoms with E-state index in [4.69, 9.17) is 4.74 Å². The number of aliphatic hydroxyl groups excluding tert-OH is 1. The maximum atomic E-state index is 14.2. The van der Waals surface area contributed by atoms with Gasteiger partial charge >= 0.3 is 0 Å². The second-order valence-electron chi connectivity index (χ2n) is 7.31. The van der Waals surface area contributed by atoms with E-state index in [2.05, 4.69) is 9.38 Å². The van der Waals surface area contributed by atoms with E-state index in [-0.39, 0.29) is 25.3 Å². The molecule has 8 heteroatoms. The summed E-state index contributed by atoms with van der Waals surface area (Å²) in [6, 6.07) is 9.57. The van der Waals surface area contributed by atoms with Crippen molar-refractivity contribution in [1.29, 1.82) is 0 Å². The zero-order chi connectivity index (χ0) is 20.4. The van der Waals surface area contributed by atoms with Crippen LogP contribution in [-0.4, -0.2) is 36.6 Å². The van der Waals surface area contributed by atoms with Crippen LogP contribution in [0.5, 0.6) is 0 Å². The molecule has 0 bridgehead atoms. The Morgan fingerprint density at radius 3 is 2.61 bits per heavy atom. The van der Waals surface area contributed by atoms with Crippen molar-refractivity contribution in [2.45, 2.75) is 43.5 Å². The number of pyridine rings is 1. The van der Waals surface area contributed by atoms with Crippen molar-refractivity contribution in [3.8, 4) is 0 Å². The molecule has 0 fully saturated rings. The number of sulfonamides is 1. The van der Waals surface area contributed by atoms with Gasteiger partial charge in [-0.2, -0.15) is 0 Å². The maximum Gasteiger partial charge on any atom is 0.267 e. The molecule has 0 amide bonds. The normalized spacial score (nSPS) is 21.4. The molecule has 1 aliphatic rings. The molecule has 150 valence electrons. The van der Waals surface area contributed by atoms with E-state index in [0.29, 0.717) is 11.1 Å². The number of hydrogen-bond donors (Lipinski definition) is 1. The van der Waals surface area contributed by atoms with Gasteiger partial charge in [0.1, 0.15) is 16.7 Å². The summed E-state index contributed by atoms with van der Waals surface area (Å²) in [5.74, 6) is -0.842. The molecule has 1 aliphatic heterocycles. The molecule has 1 N–H and O–H groups in total. The van der Waals surface area contributed by atoms with Crippen LogP contribution in [0, 0.1) is 5.82 Å². The summed E-state index contributed by atoms with van der Waals surface area (Å²) in [5, 5.41) is 8.39. The number of hydrogen-bond acceptors (Lipinski definition) is 5. The summed E-state index contributed by atoms with van der Waals surface area (Å²) in [5.41, 5.74) is -0.193. The molecule has 1 unspecified atom stereocenters. The Kier molecular flexibility index (Phi) is 5.81. The van der Waals surface area contributed by atoms with Gasteiger partial charge < -0.3 is 9.84 Å². The molecular formula is C20H23FN2O4S. The Morgan fingerprint density at radius 2 is 2.00 bits per heavy atom. The number of ether oxygens (including phenoxy) is 1. The molecule has 2 heterocycles. The van der Waals surface area contributed by atoms with Crippen LogP contribution in [0.25, 0.3) is 0 Å². The number of benzene rings is 1. The standard InChI is InChI=1S/C20H23FN2O4S/c1-20(2)19(15-6-5-10-22-13-15)28(25,26)23-18(27-20)12-14(9-11-24)16-7-3-4-8-17(16)21/h3-8,10,13-14,19,24H,9,11-12H2,1-2H3/t14-,19?/m1/s1. The minimum absolute atomic E-state index is 0.0202. The largest absolute Gasteiger partial charge is 0.472 e. The Bertz CT molecular complexity index is 961. The number of aliphatic hydroxyl groups is 1. The van der Waals surface area contributed by atoms with E-state index < -0.39 is 32.6 Å². The molecule has 0 spiro atoms. The topological polar surface area (TPSA) is 88.9 Å². The maximum absolute atomic E-state index is 14.2. The zero-order valence-electron chi connectivity index (χ0n) is 15.7. The first-order valence-corrected chi connectivity index (χ1v) is 10.5. The Balaban J connectivity index is 1.95. The molecule has 1 aromatic carbocycles. The average Bonchev–Trinajstić information content (AvgIpc) is 2.60. The van der Waals surface area contributed by atoms with E-state index >= 15 is 0 Å². The molecule has 28 heavy (non-hydrogen) atoms.